The fraction of sp³-hybridized carbons (Fsp3) is 0.688. The Bertz CT molecular complexity index is 626. The van der Waals surface area contributed by atoms with Crippen LogP contribution in [0.2, 0.25) is 0 Å². The van der Waals surface area contributed by atoms with Crippen LogP contribution in [0.5, 0.6) is 0 Å². The standard InChI is InChI=1S/C16H23N3O3/c1-3-12-6-11(4-5-22-12)7-15(20)19-8-13-14(9-19)17-10(2)18-16(13)21/h11-12H,3-9H2,1-2H3,(H,17,18,21). The summed E-state index contributed by atoms with van der Waals surface area (Å²) >= 11 is 0. The zero-order valence-electron chi connectivity index (χ0n) is 13.2. The van der Waals surface area contributed by atoms with E-state index in [9.17, 15) is 9.59 Å². The molecular weight excluding hydrogens is 282 g/mol. The zero-order valence-corrected chi connectivity index (χ0v) is 13.2. The molecule has 3 heterocycles. The fourth-order valence-corrected chi connectivity index (χ4v) is 3.37. The Kier molecular flexibility index (Phi) is 4.29. The first-order valence-corrected chi connectivity index (χ1v) is 8.04. The van der Waals surface area contributed by atoms with Gasteiger partial charge in [-0.15, -0.1) is 0 Å². The number of aromatic amines is 1. The molecule has 0 spiro atoms. The molecule has 0 aliphatic carbocycles. The van der Waals surface area contributed by atoms with Crippen LogP contribution >= 0.6 is 0 Å². The number of hydrogen-bond donors (Lipinski definition) is 1. The lowest BCUT2D eigenvalue weighted by atomic mass is 9.91. The number of fused-ring (bicyclic) bond motifs is 1. The molecule has 0 saturated carbocycles. The molecule has 6 heteroatoms. The van der Waals surface area contributed by atoms with Crippen LogP contribution in [-0.2, 0) is 22.6 Å². The highest BCUT2D eigenvalue weighted by Gasteiger charge is 2.30. The molecule has 6 nitrogen and oxygen atoms in total. The Balaban J connectivity index is 1.63. The van der Waals surface area contributed by atoms with Gasteiger partial charge in [-0.1, -0.05) is 6.92 Å². The maximum atomic E-state index is 12.5. The van der Waals surface area contributed by atoms with Crippen molar-refractivity contribution in [2.45, 2.75) is 58.7 Å². The molecule has 1 fully saturated rings. The number of ether oxygens (including phenoxy) is 1. The summed E-state index contributed by atoms with van der Waals surface area (Å²) in [5, 5.41) is 0. The number of nitrogens with one attached hydrogen (secondary N) is 1. The van der Waals surface area contributed by atoms with Crippen LogP contribution in [0.25, 0.3) is 0 Å². The average molecular weight is 305 g/mol. The van der Waals surface area contributed by atoms with E-state index < -0.39 is 0 Å². The van der Waals surface area contributed by atoms with Crippen LogP contribution < -0.4 is 5.56 Å². The van der Waals surface area contributed by atoms with Crippen molar-refractivity contribution >= 4 is 5.91 Å². The molecule has 2 aliphatic heterocycles. The predicted molar refractivity (Wildman–Crippen MR) is 81.2 cm³/mol. The molecule has 0 bridgehead atoms. The van der Waals surface area contributed by atoms with Gasteiger partial charge >= 0.3 is 0 Å². The molecule has 120 valence electrons. The number of carbonyl (C=O) groups excluding carboxylic acids is 1. The number of hydrogen-bond acceptors (Lipinski definition) is 4. The topological polar surface area (TPSA) is 75.3 Å². The molecule has 3 rings (SSSR count). The third kappa shape index (κ3) is 3.06. The number of rotatable bonds is 3. The van der Waals surface area contributed by atoms with Crippen LogP contribution in [0.15, 0.2) is 4.79 Å². The van der Waals surface area contributed by atoms with Gasteiger partial charge in [0.25, 0.3) is 5.56 Å². The van der Waals surface area contributed by atoms with E-state index in [1.807, 2.05) is 0 Å². The SMILES string of the molecule is CCC1CC(CC(=O)N2Cc3nc(C)[nH]c(=O)c3C2)CCO1. The highest BCUT2D eigenvalue weighted by atomic mass is 16.5. The Morgan fingerprint density at radius 1 is 1.45 bits per heavy atom. The van der Waals surface area contributed by atoms with E-state index in [1.54, 1.807) is 11.8 Å². The van der Waals surface area contributed by atoms with Crippen LogP contribution in [0.1, 0.15) is 49.7 Å². The van der Waals surface area contributed by atoms with Crippen molar-refractivity contribution in [3.05, 3.63) is 27.4 Å². The fourth-order valence-electron chi connectivity index (χ4n) is 3.37. The maximum Gasteiger partial charge on any atom is 0.256 e. The van der Waals surface area contributed by atoms with E-state index in [4.69, 9.17) is 4.74 Å². The molecule has 2 aliphatic rings. The second-order valence-corrected chi connectivity index (χ2v) is 6.32. The molecule has 0 aromatic carbocycles. The quantitative estimate of drug-likeness (QED) is 0.918. The highest BCUT2D eigenvalue weighted by molar-refractivity contribution is 5.77. The van der Waals surface area contributed by atoms with Crippen molar-refractivity contribution in [1.29, 1.82) is 0 Å². The van der Waals surface area contributed by atoms with E-state index in [1.165, 1.54) is 0 Å². The smallest absolute Gasteiger partial charge is 0.256 e. The minimum atomic E-state index is -0.116. The molecule has 0 radical (unpaired) electrons. The number of nitrogens with zero attached hydrogens (tertiary/aromatic N) is 2. The van der Waals surface area contributed by atoms with Crippen LogP contribution in [0.4, 0.5) is 0 Å². The summed E-state index contributed by atoms with van der Waals surface area (Å²) in [4.78, 5) is 33.2. The van der Waals surface area contributed by atoms with Crippen molar-refractivity contribution in [2.75, 3.05) is 6.61 Å². The van der Waals surface area contributed by atoms with Crippen LogP contribution in [0.3, 0.4) is 0 Å². The molecule has 1 aromatic rings. The van der Waals surface area contributed by atoms with Gasteiger partial charge in [0, 0.05) is 13.0 Å². The lowest BCUT2D eigenvalue weighted by Gasteiger charge is -2.29. The highest BCUT2D eigenvalue weighted by Crippen LogP contribution is 2.27. The molecule has 22 heavy (non-hydrogen) atoms. The van der Waals surface area contributed by atoms with Crippen molar-refractivity contribution < 1.29 is 9.53 Å². The predicted octanol–water partition coefficient (Wildman–Crippen LogP) is 1.52. The average Bonchev–Trinajstić information content (AvgIpc) is 2.92. The second kappa shape index (κ2) is 6.20. The summed E-state index contributed by atoms with van der Waals surface area (Å²) < 4.78 is 5.66. The van der Waals surface area contributed by atoms with E-state index in [2.05, 4.69) is 16.9 Å². The van der Waals surface area contributed by atoms with E-state index in [-0.39, 0.29) is 17.6 Å². The van der Waals surface area contributed by atoms with Gasteiger partial charge < -0.3 is 14.6 Å². The van der Waals surface area contributed by atoms with Gasteiger partial charge in [0.1, 0.15) is 5.82 Å². The van der Waals surface area contributed by atoms with Gasteiger partial charge in [0.2, 0.25) is 5.91 Å². The van der Waals surface area contributed by atoms with Crippen molar-refractivity contribution in [1.82, 2.24) is 14.9 Å². The number of amides is 1. The Hall–Kier alpha value is -1.69. The third-order valence-electron chi connectivity index (χ3n) is 4.66. The minimum absolute atomic E-state index is 0.116. The first-order valence-electron chi connectivity index (χ1n) is 8.04. The summed E-state index contributed by atoms with van der Waals surface area (Å²) in [7, 11) is 0. The lowest BCUT2D eigenvalue weighted by Crippen LogP contribution is -2.32. The van der Waals surface area contributed by atoms with Gasteiger partial charge in [0.05, 0.1) is 30.5 Å². The lowest BCUT2D eigenvalue weighted by molar-refractivity contribution is -0.134. The molecule has 2 unspecified atom stereocenters. The van der Waals surface area contributed by atoms with Gasteiger partial charge in [-0.05, 0) is 32.1 Å². The van der Waals surface area contributed by atoms with E-state index in [0.717, 1.165) is 31.6 Å². The largest absolute Gasteiger partial charge is 0.378 e. The summed E-state index contributed by atoms with van der Waals surface area (Å²) in [5.41, 5.74) is 1.26. The Morgan fingerprint density at radius 3 is 3.05 bits per heavy atom. The monoisotopic (exact) mass is 305 g/mol. The number of aromatic nitrogens is 2. The summed E-state index contributed by atoms with van der Waals surface area (Å²) in [5.74, 6) is 1.12. The molecule has 1 amide bonds. The first kappa shape index (κ1) is 15.2. The third-order valence-corrected chi connectivity index (χ3v) is 4.66. The summed E-state index contributed by atoms with van der Waals surface area (Å²) in [6.07, 6.45) is 3.74. The van der Waals surface area contributed by atoms with Gasteiger partial charge in [-0.3, -0.25) is 9.59 Å². The van der Waals surface area contributed by atoms with Crippen molar-refractivity contribution in [3.63, 3.8) is 0 Å². The normalized spacial score (nSPS) is 24.4. The van der Waals surface area contributed by atoms with E-state index in [0.29, 0.717) is 36.8 Å². The summed E-state index contributed by atoms with van der Waals surface area (Å²) in [6.45, 7) is 5.47. The van der Waals surface area contributed by atoms with Crippen molar-refractivity contribution in [3.8, 4) is 0 Å². The number of carbonyl (C=O) groups is 1. The van der Waals surface area contributed by atoms with Crippen LogP contribution in [0, 0.1) is 12.8 Å². The van der Waals surface area contributed by atoms with Gasteiger partial charge in [-0.2, -0.15) is 0 Å². The minimum Gasteiger partial charge on any atom is -0.378 e. The second-order valence-electron chi connectivity index (χ2n) is 6.32. The van der Waals surface area contributed by atoms with Gasteiger partial charge in [-0.25, -0.2) is 4.98 Å². The van der Waals surface area contributed by atoms with E-state index >= 15 is 0 Å². The van der Waals surface area contributed by atoms with Gasteiger partial charge in [0.15, 0.2) is 0 Å². The first-order chi connectivity index (χ1) is 10.6. The summed E-state index contributed by atoms with van der Waals surface area (Å²) in [6, 6.07) is 0. The zero-order chi connectivity index (χ0) is 15.7. The van der Waals surface area contributed by atoms with Crippen LogP contribution in [-0.4, -0.2) is 33.5 Å². The Labute approximate surface area is 129 Å². The maximum absolute atomic E-state index is 12.5. The molecule has 2 atom stereocenters. The Morgan fingerprint density at radius 2 is 2.27 bits per heavy atom. The number of aryl methyl sites for hydroxylation is 1. The molecule has 1 saturated heterocycles. The number of H-pyrrole nitrogens is 1. The molecule has 1 N–H and O–H groups in total. The molecular formula is C16H23N3O3. The molecule has 1 aromatic heterocycles. The van der Waals surface area contributed by atoms with Crippen molar-refractivity contribution in [2.24, 2.45) is 5.92 Å².